The Morgan fingerprint density at radius 3 is 2.52 bits per heavy atom. The summed E-state index contributed by atoms with van der Waals surface area (Å²) in [6.45, 7) is -3.22. The quantitative estimate of drug-likeness (QED) is 0.814. The van der Waals surface area contributed by atoms with Gasteiger partial charge in [0.25, 0.3) is 0 Å². The zero-order valence-electron chi connectivity index (χ0n) is 16.3. The number of ether oxygens (including phenoxy) is 1. The monoisotopic (exact) mass is 356 g/mol. The molecule has 0 aliphatic carbocycles. The van der Waals surface area contributed by atoms with E-state index in [9.17, 15) is 22.4 Å². The molecule has 0 aromatic heterocycles. The third-order valence-electron chi connectivity index (χ3n) is 3.42. The van der Waals surface area contributed by atoms with Crippen LogP contribution in [0.2, 0.25) is 0 Å². The van der Waals surface area contributed by atoms with Gasteiger partial charge in [0, 0.05) is 9.68 Å². The van der Waals surface area contributed by atoms with E-state index in [1.165, 1.54) is 0 Å². The van der Waals surface area contributed by atoms with Crippen molar-refractivity contribution < 1.29 is 32.6 Å². The summed E-state index contributed by atoms with van der Waals surface area (Å²) in [5.41, 5.74) is -0.659. The van der Waals surface area contributed by atoms with Crippen LogP contribution in [-0.4, -0.2) is 17.9 Å². The first kappa shape index (κ1) is 12.5. The van der Waals surface area contributed by atoms with Gasteiger partial charge in [0.05, 0.1) is 6.93 Å². The highest BCUT2D eigenvalue weighted by molar-refractivity contribution is 6.06. The second-order valence-electron chi connectivity index (χ2n) is 5.06. The van der Waals surface area contributed by atoms with Gasteiger partial charge in [0.2, 0.25) is 0 Å². The molecule has 1 aliphatic rings. The number of benzene rings is 2. The molecule has 0 fully saturated rings. The minimum atomic E-state index is -4.86. The largest absolute Gasteiger partial charge is 0.439 e. The van der Waals surface area contributed by atoms with Crippen LogP contribution < -0.4 is 5.43 Å². The maximum Gasteiger partial charge on any atom is 0.428 e. The maximum atomic E-state index is 13.7. The number of carbonyl (C=O) groups excluding carboxylic acids is 1. The van der Waals surface area contributed by atoms with Gasteiger partial charge in [0.15, 0.2) is 0 Å². The average Bonchev–Trinajstić information content (AvgIpc) is 2.60. The summed E-state index contributed by atoms with van der Waals surface area (Å²) in [5, 5.41) is 3.47. The van der Waals surface area contributed by atoms with Crippen LogP contribution in [0.4, 0.5) is 22.4 Å². The Morgan fingerprint density at radius 1 is 1.20 bits per heavy atom. The second kappa shape index (κ2) is 6.19. The Hall–Kier alpha value is -2.90. The lowest BCUT2D eigenvalue weighted by Gasteiger charge is -2.21. The number of nitrogens with zero attached hydrogens (tertiary/aromatic N) is 1. The Balaban J connectivity index is 2.19. The number of halogens is 4. The molecule has 0 bridgehead atoms. The van der Waals surface area contributed by atoms with Crippen LogP contribution >= 0.6 is 0 Å². The Labute approximate surface area is 145 Å². The fourth-order valence-electron chi connectivity index (χ4n) is 2.32. The summed E-state index contributed by atoms with van der Waals surface area (Å²) >= 11 is 0. The molecule has 130 valence electrons. The maximum absolute atomic E-state index is 13.7. The van der Waals surface area contributed by atoms with Gasteiger partial charge < -0.3 is 4.74 Å². The molecule has 1 aliphatic heterocycles. The van der Waals surface area contributed by atoms with Gasteiger partial charge in [-0.1, -0.05) is 24.3 Å². The number of hydrazone groups is 1. The van der Waals surface area contributed by atoms with Crippen molar-refractivity contribution in [2.45, 2.75) is 19.1 Å². The Morgan fingerprint density at radius 2 is 1.88 bits per heavy atom. The molecule has 1 heterocycles. The summed E-state index contributed by atoms with van der Waals surface area (Å²) in [4.78, 5) is 11.4. The van der Waals surface area contributed by atoms with E-state index in [1.807, 2.05) is 0 Å². The average molecular weight is 356 g/mol. The van der Waals surface area contributed by atoms with Gasteiger partial charge in [-0.25, -0.2) is 14.6 Å². The number of rotatable bonds is 2. The van der Waals surface area contributed by atoms with Crippen LogP contribution in [0.3, 0.4) is 0 Å². The van der Waals surface area contributed by atoms with E-state index in [0.717, 1.165) is 36.4 Å². The van der Waals surface area contributed by atoms with Crippen molar-refractivity contribution in [2.24, 2.45) is 5.10 Å². The molecule has 1 N–H and O–H groups in total. The molecule has 2 aromatic rings. The highest BCUT2D eigenvalue weighted by Crippen LogP contribution is 2.38. The van der Waals surface area contributed by atoms with Gasteiger partial charge in [-0.2, -0.15) is 18.3 Å². The first-order valence-electron chi connectivity index (χ1n) is 8.87. The number of carbonyl (C=O) groups is 1. The number of nitrogens with one attached hydrogen (secondary N) is 1. The molecule has 4 nitrogen and oxygen atoms in total. The van der Waals surface area contributed by atoms with Crippen LogP contribution in [0.15, 0.2) is 47.6 Å². The van der Waals surface area contributed by atoms with Crippen molar-refractivity contribution >= 4 is 11.8 Å². The number of hydrogen-bond acceptors (Lipinski definition) is 3. The van der Waals surface area contributed by atoms with Gasteiger partial charge >= 0.3 is 12.3 Å². The lowest BCUT2D eigenvalue weighted by atomic mass is 9.94. The summed E-state index contributed by atoms with van der Waals surface area (Å²) in [5.74, 6) is -0.625. The number of amides is 1. The van der Waals surface area contributed by atoms with E-state index in [-0.39, 0.29) is 16.7 Å². The van der Waals surface area contributed by atoms with E-state index in [4.69, 9.17) is 5.48 Å². The van der Waals surface area contributed by atoms with Crippen molar-refractivity contribution in [3.05, 3.63) is 59.4 Å². The second-order valence-corrected chi connectivity index (χ2v) is 5.06. The molecule has 1 amide bonds. The van der Waals surface area contributed by atoms with Crippen molar-refractivity contribution in [3.63, 3.8) is 0 Å². The minimum Gasteiger partial charge on any atom is -0.439 e. The predicted octanol–water partition coefficient (Wildman–Crippen LogP) is 4.34. The van der Waals surface area contributed by atoms with E-state index < -0.39 is 42.3 Å². The van der Waals surface area contributed by atoms with Gasteiger partial charge in [-0.05, 0) is 36.2 Å². The summed E-state index contributed by atoms with van der Waals surface area (Å²) < 4.78 is 89.2. The number of cyclic esters (lactones) is 1. The Kier molecular flexibility index (Phi) is 3.09. The van der Waals surface area contributed by atoms with Crippen molar-refractivity contribution in [2.75, 3.05) is 0 Å². The third kappa shape index (κ3) is 3.47. The lowest BCUT2D eigenvalue weighted by Crippen LogP contribution is -2.37. The smallest absolute Gasteiger partial charge is 0.428 e. The lowest BCUT2D eigenvalue weighted by molar-refractivity contribution is -0.137. The fourth-order valence-corrected chi connectivity index (χ4v) is 2.32. The normalized spacial score (nSPS) is 23.4. The molecule has 0 saturated carbocycles. The molecular formula is C17H12F4N2O2. The van der Waals surface area contributed by atoms with E-state index in [1.54, 1.807) is 5.43 Å². The first-order valence-corrected chi connectivity index (χ1v) is 6.87. The third-order valence-corrected chi connectivity index (χ3v) is 3.42. The standard InChI is InChI=1S/C17H12F4N2O2/c1-9-15(22-23-16(24)25-9)11-4-7-13(14(8-11)17(19,20)21)10-2-5-12(18)6-3-10/h2-9H,1H3,(H,23,24)/t9-/m0/s1/i1D3,9D. The van der Waals surface area contributed by atoms with Crippen LogP contribution in [0.5, 0.6) is 0 Å². The van der Waals surface area contributed by atoms with Gasteiger partial charge in [-0.15, -0.1) is 0 Å². The van der Waals surface area contributed by atoms with E-state index in [0.29, 0.717) is 6.07 Å². The molecule has 3 rings (SSSR count). The van der Waals surface area contributed by atoms with Crippen LogP contribution in [0, 0.1) is 5.82 Å². The highest BCUT2D eigenvalue weighted by Gasteiger charge is 2.35. The number of hydrogen-bond donors (Lipinski definition) is 1. The topological polar surface area (TPSA) is 50.7 Å². The highest BCUT2D eigenvalue weighted by atomic mass is 19.4. The van der Waals surface area contributed by atoms with Crippen molar-refractivity contribution in [1.82, 2.24) is 5.43 Å². The van der Waals surface area contributed by atoms with Crippen LogP contribution in [0.1, 0.15) is 23.5 Å². The fraction of sp³-hybridized carbons (Fsp3) is 0.176. The molecule has 8 heteroatoms. The molecule has 0 radical (unpaired) electrons. The van der Waals surface area contributed by atoms with Crippen LogP contribution in [-0.2, 0) is 10.9 Å². The molecule has 25 heavy (non-hydrogen) atoms. The molecule has 0 spiro atoms. The van der Waals surface area contributed by atoms with E-state index >= 15 is 0 Å². The summed E-state index contributed by atoms with van der Waals surface area (Å²) in [6.07, 6.45) is -9.18. The minimum absolute atomic E-state index is 0.0772. The van der Waals surface area contributed by atoms with Crippen molar-refractivity contribution in [3.8, 4) is 11.1 Å². The zero-order valence-corrected chi connectivity index (χ0v) is 12.3. The van der Waals surface area contributed by atoms with Crippen molar-refractivity contribution in [1.29, 1.82) is 0 Å². The SMILES string of the molecule is [2H]C([2H])([2H])[C@]1([2H])OC(=O)NN=C1c1ccc(-c2ccc(F)cc2)c(C(F)(F)F)c1. The zero-order chi connectivity index (χ0) is 21.6. The van der Waals surface area contributed by atoms with Crippen LogP contribution in [0.25, 0.3) is 11.1 Å². The molecule has 1 atom stereocenters. The molecule has 0 saturated heterocycles. The summed E-state index contributed by atoms with van der Waals surface area (Å²) in [7, 11) is 0. The predicted molar refractivity (Wildman–Crippen MR) is 82.5 cm³/mol. The van der Waals surface area contributed by atoms with E-state index in [2.05, 4.69) is 9.84 Å². The molecular weight excluding hydrogens is 340 g/mol. The van der Waals surface area contributed by atoms with Gasteiger partial charge in [-0.3, -0.25) is 0 Å². The molecule has 0 unspecified atom stereocenters. The first-order chi connectivity index (χ1) is 13.3. The summed E-state index contributed by atoms with van der Waals surface area (Å²) in [6, 6.07) is 7.10. The number of alkyl halides is 3. The molecule has 2 aromatic carbocycles. The van der Waals surface area contributed by atoms with Gasteiger partial charge in [0.1, 0.15) is 17.6 Å². The Bertz CT molecular complexity index is 990.